The van der Waals surface area contributed by atoms with E-state index in [0.29, 0.717) is 19.5 Å². The molecule has 1 aromatic heterocycles. The van der Waals surface area contributed by atoms with Crippen molar-refractivity contribution in [3.05, 3.63) is 63.8 Å². The number of pyridine rings is 1. The number of hydrogen-bond acceptors (Lipinski definition) is 4. The summed E-state index contributed by atoms with van der Waals surface area (Å²) in [6, 6.07) is 6.64. The van der Waals surface area contributed by atoms with Crippen molar-refractivity contribution in [3.63, 3.8) is 0 Å². The van der Waals surface area contributed by atoms with Crippen LogP contribution in [0.5, 0.6) is 0 Å². The van der Waals surface area contributed by atoms with Gasteiger partial charge in [-0.3, -0.25) is 10.1 Å². The van der Waals surface area contributed by atoms with Crippen LogP contribution in [0.2, 0.25) is 0 Å². The highest BCUT2D eigenvalue weighted by molar-refractivity contribution is 5.58. The molecule has 2 heterocycles. The fourth-order valence-electron chi connectivity index (χ4n) is 2.86. The monoisotopic (exact) mass is 305 g/mol. The lowest BCUT2D eigenvalue weighted by atomic mass is 9.97. The number of nitrogens with zero attached hydrogens (tertiary/aromatic N) is 3. The van der Waals surface area contributed by atoms with Gasteiger partial charge in [0.15, 0.2) is 0 Å². The number of anilines is 1. The molecule has 1 aromatic carbocycles. The number of rotatable bonds is 3. The van der Waals surface area contributed by atoms with Crippen LogP contribution in [0.3, 0.4) is 0 Å². The van der Waals surface area contributed by atoms with Crippen LogP contribution in [0.15, 0.2) is 36.5 Å². The second-order valence-electron chi connectivity index (χ2n) is 5.17. The summed E-state index contributed by atoms with van der Waals surface area (Å²) in [6.45, 7) is 0.770. The Morgan fingerprint density at radius 3 is 2.64 bits per heavy atom. The topological polar surface area (TPSA) is 59.3 Å². The fourth-order valence-corrected chi connectivity index (χ4v) is 2.86. The van der Waals surface area contributed by atoms with Crippen molar-refractivity contribution < 1.29 is 13.7 Å². The molecule has 0 radical (unpaired) electrons. The molecule has 114 valence electrons. The Bertz CT molecular complexity index is 703. The summed E-state index contributed by atoms with van der Waals surface area (Å²) in [4.78, 5) is 16.3. The molecule has 22 heavy (non-hydrogen) atoms. The normalized spacial score (nSPS) is 17.7. The van der Waals surface area contributed by atoms with Gasteiger partial charge in [-0.2, -0.15) is 0 Å². The summed E-state index contributed by atoms with van der Waals surface area (Å²) < 4.78 is 27.7. The molecule has 5 nitrogen and oxygen atoms in total. The maximum atomic E-state index is 13.9. The summed E-state index contributed by atoms with van der Waals surface area (Å²) in [6.07, 6.45) is 1.99. The Balaban J connectivity index is 1.89. The van der Waals surface area contributed by atoms with E-state index in [1.807, 2.05) is 0 Å². The Morgan fingerprint density at radius 1 is 1.23 bits per heavy atom. The second-order valence-corrected chi connectivity index (χ2v) is 5.17. The number of nitro groups is 1. The molecule has 1 fully saturated rings. The molecular formula is C15H13F2N3O2. The van der Waals surface area contributed by atoms with E-state index in [0.717, 1.165) is 0 Å². The Kier molecular flexibility index (Phi) is 3.70. The molecule has 7 heteroatoms. The van der Waals surface area contributed by atoms with Gasteiger partial charge < -0.3 is 4.90 Å². The Labute approximate surface area is 125 Å². The molecule has 1 aliphatic heterocycles. The number of aromatic nitrogens is 1. The molecule has 0 aliphatic carbocycles. The molecule has 3 rings (SSSR count). The molecule has 0 N–H and O–H groups in total. The molecule has 0 spiro atoms. The average Bonchev–Trinajstić information content (AvgIpc) is 2.96. The maximum Gasteiger partial charge on any atom is 0.311 e. The van der Waals surface area contributed by atoms with Gasteiger partial charge in [0.1, 0.15) is 11.6 Å². The molecule has 0 amide bonds. The van der Waals surface area contributed by atoms with Gasteiger partial charge in [-0.25, -0.2) is 13.8 Å². The van der Waals surface area contributed by atoms with Gasteiger partial charge in [0.25, 0.3) is 0 Å². The summed E-state index contributed by atoms with van der Waals surface area (Å²) in [5.74, 6) is -1.26. The van der Waals surface area contributed by atoms with Crippen LogP contribution >= 0.6 is 0 Å². The van der Waals surface area contributed by atoms with Crippen molar-refractivity contribution in [1.82, 2.24) is 4.98 Å². The van der Waals surface area contributed by atoms with E-state index in [4.69, 9.17) is 0 Å². The first-order valence-corrected chi connectivity index (χ1v) is 6.86. The molecule has 1 saturated heterocycles. The highest BCUT2D eigenvalue weighted by Crippen LogP contribution is 2.35. The smallest absolute Gasteiger partial charge is 0.311 e. The van der Waals surface area contributed by atoms with Gasteiger partial charge in [-0.05, 0) is 24.6 Å². The summed E-state index contributed by atoms with van der Waals surface area (Å²) in [7, 11) is 0. The zero-order chi connectivity index (χ0) is 15.7. The minimum atomic E-state index is -0.581. The average molecular weight is 305 g/mol. The van der Waals surface area contributed by atoms with Crippen LogP contribution < -0.4 is 4.90 Å². The van der Waals surface area contributed by atoms with Gasteiger partial charge in [-0.1, -0.05) is 6.07 Å². The van der Waals surface area contributed by atoms with Crippen molar-refractivity contribution in [2.24, 2.45) is 0 Å². The second kappa shape index (κ2) is 5.67. The first-order chi connectivity index (χ1) is 10.6. The quantitative estimate of drug-likeness (QED) is 0.645. The molecule has 0 saturated carbocycles. The zero-order valence-electron chi connectivity index (χ0n) is 11.6. The highest BCUT2D eigenvalue weighted by Gasteiger charge is 2.32. The van der Waals surface area contributed by atoms with Crippen molar-refractivity contribution in [3.8, 4) is 0 Å². The van der Waals surface area contributed by atoms with Crippen molar-refractivity contribution >= 4 is 11.5 Å². The molecule has 1 aliphatic rings. The molecule has 0 bridgehead atoms. The lowest BCUT2D eigenvalue weighted by Gasteiger charge is -2.17. The van der Waals surface area contributed by atoms with E-state index in [2.05, 4.69) is 4.98 Å². The lowest BCUT2D eigenvalue weighted by Crippen LogP contribution is -2.22. The van der Waals surface area contributed by atoms with Crippen LogP contribution in [0.4, 0.5) is 20.3 Å². The third kappa shape index (κ3) is 2.49. The molecule has 2 aromatic rings. The number of benzene rings is 1. The minimum absolute atomic E-state index is 0.0450. The third-order valence-electron chi connectivity index (χ3n) is 3.86. The van der Waals surface area contributed by atoms with Crippen LogP contribution in [0.1, 0.15) is 17.9 Å². The van der Waals surface area contributed by atoms with E-state index in [9.17, 15) is 18.9 Å². The largest absolute Gasteiger partial charge is 0.350 e. The van der Waals surface area contributed by atoms with E-state index in [1.165, 1.54) is 36.5 Å². The van der Waals surface area contributed by atoms with Crippen molar-refractivity contribution in [1.29, 1.82) is 0 Å². The van der Waals surface area contributed by atoms with Gasteiger partial charge in [0, 0.05) is 36.8 Å². The third-order valence-corrected chi connectivity index (χ3v) is 3.86. The first-order valence-electron chi connectivity index (χ1n) is 6.86. The lowest BCUT2D eigenvalue weighted by molar-refractivity contribution is -0.384. The standard InChI is InChI=1S/C15H13F2N3O2/c16-11-3-1-4-12(17)14(11)10-6-8-19(9-10)15-13(20(21)22)5-2-7-18-15/h1-5,7,10H,6,8-9H2. The van der Waals surface area contributed by atoms with Crippen molar-refractivity contribution in [2.45, 2.75) is 12.3 Å². The zero-order valence-corrected chi connectivity index (χ0v) is 11.6. The first kappa shape index (κ1) is 14.4. The Morgan fingerprint density at radius 2 is 1.95 bits per heavy atom. The van der Waals surface area contributed by atoms with E-state index in [-0.39, 0.29) is 23.0 Å². The van der Waals surface area contributed by atoms with E-state index < -0.39 is 16.6 Å². The summed E-state index contributed by atoms with van der Waals surface area (Å²) >= 11 is 0. The highest BCUT2D eigenvalue weighted by atomic mass is 19.1. The maximum absolute atomic E-state index is 13.9. The van der Waals surface area contributed by atoms with Crippen LogP contribution in [-0.4, -0.2) is 23.0 Å². The predicted molar refractivity (Wildman–Crippen MR) is 76.8 cm³/mol. The van der Waals surface area contributed by atoms with Crippen LogP contribution in [-0.2, 0) is 0 Å². The number of halogens is 2. The van der Waals surface area contributed by atoms with Crippen LogP contribution in [0, 0.1) is 21.7 Å². The fraction of sp³-hybridized carbons (Fsp3) is 0.267. The number of hydrogen-bond donors (Lipinski definition) is 0. The summed E-state index contributed by atoms with van der Waals surface area (Å²) in [5, 5.41) is 11.1. The van der Waals surface area contributed by atoms with Gasteiger partial charge in [-0.15, -0.1) is 0 Å². The predicted octanol–water partition coefficient (Wildman–Crippen LogP) is 3.26. The van der Waals surface area contributed by atoms with Gasteiger partial charge in [0.2, 0.25) is 5.82 Å². The Hall–Kier alpha value is -2.57. The van der Waals surface area contributed by atoms with E-state index >= 15 is 0 Å². The minimum Gasteiger partial charge on any atom is -0.350 e. The molecule has 1 atom stereocenters. The van der Waals surface area contributed by atoms with Crippen LogP contribution in [0.25, 0.3) is 0 Å². The molecular weight excluding hydrogens is 292 g/mol. The van der Waals surface area contributed by atoms with Crippen molar-refractivity contribution in [2.75, 3.05) is 18.0 Å². The van der Waals surface area contributed by atoms with E-state index in [1.54, 1.807) is 4.90 Å². The summed E-state index contributed by atoms with van der Waals surface area (Å²) in [5.41, 5.74) is -0.0549. The van der Waals surface area contributed by atoms with Gasteiger partial charge in [0.05, 0.1) is 4.92 Å². The molecule has 1 unspecified atom stereocenters. The SMILES string of the molecule is O=[N+]([O-])c1cccnc1N1CCC(c2c(F)cccc2F)C1. The van der Waals surface area contributed by atoms with Gasteiger partial charge >= 0.3 is 5.69 Å².